The number of benzene rings is 1. The average molecular weight is 556 g/mol. The second kappa shape index (κ2) is 11.1. The molecule has 0 saturated carbocycles. The number of nitrogens with zero attached hydrogens (tertiary/aromatic N) is 5. The first-order chi connectivity index (χ1) is 19.3. The fourth-order valence-corrected chi connectivity index (χ4v) is 6.46. The van der Waals surface area contributed by atoms with Crippen molar-refractivity contribution in [3.8, 4) is 11.4 Å². The molecule has 0 radical (unpaired) electrons. The molecule has 0 unspecified atom stereocenters. The molecule has 5 rings (SSSR count). The second-order valence-electron chi connectivity index (χ2n) is 9.67. The Balaban J connectivity index is 1.73. The largest absolute Gasteiger partial charge is 0.496 e. The number of methoxy groups -OCH3 is 1. The molecule has 206 valence electrons. The molecule has 0 saturated heterocycles. The van der Waals surface area contributed by atoms with Crippen LogP contribution in [0.4, 0.5) is 0 Å². The highest BCUT2D eigenvalue weighted by Gasteiger charge is 2.35. The van der Waals surface area contributed by atoms with Crippen molar-refractivity contribution in [3.63, 3.8) is 0 Å². The van der Waals surface area contributed by atoms with Gasteiger partial charge in [-0.3, -0.25) is 19.1 Å². The summed E-state index contributed by atoms with van der Waals surface area (Å²) >= 11 is 1.33. The Kier molecular flexibility index (Phi) is 7.58. The molecule has 1 atom stereocenters. The standard InChI is InChI=1S/C31H33N5O3S/c1-7-34(8-2)30(38)27-20(4)33-31-36(28(27)24-13-9-10-14-25(24)39-6)29(37)26(40-31)17-22-16-19(3)35(21(22)5)23-12-11-15-32-18-23/h9-18,28H,7-8H2,1-6H3/b26-17+/t28-/m0/s1. The maximum atomic E-state index is 14.1. The molecule has 1 amide bonds. The Morgan fingerprint density at radius 1 is 1.12 bits per heavy atom. The highest BCUT2D eigenvalue weighted by atomic mass is 32.1. The zero-order valence-corrected chi connectivity index (χ0v) is 24.5. The van der Waals surface area contributed by atoms with Gasteiger partial charge < -0.3 is 14.2 Å². The number of hydrogen-bond acceptors (Lipinski definition) is 6. The zero-order valence-electron chi connectivity index (χ0n) is 23.6. The molecule has 0 spiro atoms. The maximum absolute atomic E-state index is 14.1. The number of likely N-dealkylation sites (N-methyl/N-ethyl adjacent to an activating group) is 1. The Morgan fingerprint density at radius 2 is 1.88 bits per heavy atom. The van der Waals surface area contributed by atoms with Gasteiger partial charge in [-0.2, -0.15) is 0 Å². The van der Waals surface area contributed by atoms with Gasteiger partial charge in [0.1, 0.15) is 11.8 Å². The molecule has 0 N–H and O–H groups in total. The van der Waals surface area contributed by atoms with E-state index in [4.69, 9.17) is 9.73 Å². The van der Waals surface area contributed by atoms with Crippen LogP contribution in [0.25, 0.3) is 11.8 Å². The Bertz CT molecular complexity index is 1790. The van der Waals surface area contributed by atoms with Crippen LogP contribution < -0.4 is 19.6 Å². The van der Waals surface area contributed by atoms with Gasteiger partial charge in [0.25, 0.3) is 11.5 Å². The van der Waals surface area contributed by atoms with Gasteiger partial charge in [0.2, 0.25) is 0 Å². The number of carbonyl (C=O) groups is 1. The fraction of sp³-hybridized carbons (Fsp3) is 0.290. The monoisotopic (exact) mass is 555 g/mol. The topological polar surface area (TPSA) is 81.7 Å². The number of fused-ring (bicyclic) bond motifs is 1. The summed E-state index contributed by atoms with van der Waals surface area (Å²) in [7, 11) is 1.60. The first kappa shape index (κ1) is 27.3. The molecular formula is C31H33N5O3S. The molecule has 3 aromatic heterocycles. The lowest BCUT2D eigenvalue weighted by atomic mass is 9.94. The van der Waals surface area contributed by atoms with E-state index in [2.05, 4.69) is 15.6 Å². The quantitative estimate of drug-likeness (QED) is 0.346. The number of pyridine rings is 1. The van der Waals surface area contributed by atoms with Crippen molar-refractivity contribution in [2.24, 2.45) is 4.99 Å². The molecule has 4 heterocycles. The van der Waals surface area contributed by atoms with E-state index < -0.39 is 6.04 Å². The third-order valence-corrected chi connectivity index (χ3v) is 8.38. The van der Waals surface area contributed by atoms with Crippen LogP contribution in [0, 0.1) is 13.8 Å². The normalized spacial score (nSPS) is 15.2. The second-order valence-corrected chi connectivity index (χ2v) is 10.7. The summed E-state index contributed by atoms with van der Waals surface area (Å²) in [5, 5.41) is 0. The van der Waals surface area contributed by atoms with E-state index >= 15 is 0 Å². The number of amides is 1. The SMILES string of the molecule is CCN(CC)C(=O)C1=C(C)N=c2s/c(=C/c3cc(C)n(-c4cccnc4)c3C)c(=O)n2[C@H]1c1ccccc1OC. The van der Waals surface area contributed by atoms with Gasteiger partial charge in [-0.05, 0) is 70.5 Å². The number of thiazole rings is 1. The molecule has 1 aromatic carbocycles. The molecule has 0 aliphatic carbocycles. The van der Waals surface area contributed by atoms with Crippen LogP contribution in [-0.2, 0) is 4.79 Å². The summed E-state index contributed by atoms with van der Waals surface area (Å²) in [5.74, 6) is 0.484. The number of ether oxygens (including phenoxy) is 1. The van der Waals surface area contributed by atoms with E-state index in [1.807, 2.05) is 83.3 Å². The predicted octanol–water partition coefficient (Wildman–Crippen LogP) is 3.91. The van der Waals surface area contributed by atoms with Crippen LogP contribution in [0.1, 0.15) is 49.3 Å². The van der Waals surface area contributed by atoms with Crippen LogP contribution in [0.5, 0.6) is 5.75 Å². The van der Waals surface area contributed by atoms with Gasteiger partial charge in [0.15, 0.2) is 4.80 Å². The van der Waals surface area contributed by atoms with Crippen molar-refractivity contribution in [2.75, 3.05) is 20.2 Å². The summed E-state index contributed by atoms with van der Waals surface area (Å²) in [6.07, 6.45) is 5.49. The van der Waals surface area contributed by atoms with E-state index in [9.17, 15) is 9.59 Å². The number of carbonyl (C=O) groups excluding carboxylic acids is 1. The highest BCUT2D eigenvalue weighted by Crippen LogP contribution is 2.36. The van der Waals surface area contributed by atoms with E-state index in [1.165, 1.54) is 11.3 Å². The fourth-order valence-electron chi connectivity index (χ4n) is 5.42. The number of allylic oxidation sites excluding steroid dienone is 1. The van der Waals surface area contributed by atoms with Crippen molar-refractivity contribution < 1.29 is 9.53 Å². The number of hydrogen-bond donors (Lipinski definition) is 0. The smallest absolute Gasteiger partial charge is 0.271 e. The molecule has 4 aromatic rings. The first-order valence-electron chi connectivity index (χ1n) is 13.3. The number of rotatable bonds is 7. The van der Waals surface area contributed by atoms with Crippen molar-refractivity contribution in [3.05, 3.63) is 108 Å². The molecule has 1 aliphatic heterocycles. The Hall–Kier alpha value is -4.24. The van der Waals surface area contributed by atoms with E-state index in [0.29, 0.717) is 39.4 Å². The van der Waals surface area contributed by atoms with Crippen LogP contribution >= 0.6 is 11.3 Å². The first-order valence-corrected chi connectivity index (χ1v) is 14.2. The van der Waals surface area contributed by atoms with Crippen molar-refractivity contribution in [1.29, 1.82) is 0 Å². The predicted molar refractivity (Wildman–Crippen MR) is 158 cm³/mol. The average Bonchev–Trinajstić information content (AvgIpc) is 3.42. The summed E-state index contributed by atoms with van der Waals surface area (Å²) in [6.45, 7) is 10.9. The molecule has 0 bridgehead atoms. The number of para-hydroxylation sites is 1. The van der Waals surface area contributed by atoms with Gasteiger partial charge in [-0.25, -0.2) is 4.99 Å². The summed E-state index contributed by atoms with van der Waals surface area (Å²) in [6, 6.07) is 12.9. The third kappa shape index (κ3) is 4.60. The Labute approximate surface area is 237 Å². The molecule has 8 nitrogen and oxygen atoms in total. The van der Waals surface area contributed by atoms with Crippen LogP contribution in [0.2, 0.25) is 0 Å². The molecule has 9 heteroatoms. The van der Waals surface area contributed by atoms with Gasteiger partial charge in [-0.15, -0.1) is 0 Å². The summed E-state index contributed by atoms with van der Waals surface area (Å²) in [4.78, 5) is 39.3. The van der Waals surface area contributed by atoms with Crippen LogP contribution in [0.3, 0.4) is 0 Å². The van der Waals surface area contributed by atoms with Crippen molar-refractivity contribution >= 4 is 23.3 Å². The minimum atomic E-state index is -0.662. The third-order valence-electron chi connectivity index (χ3n) is 7.40. The van der Waals surface area contributed by atoms with Gasteiger partial charge >= 0.3 is 0 Å². The zero-order chi connectivity index (χ0) is 28.6. The molecule has 0 fully saturated rings. The maximum Gasteiger partial charge on any atom is 0.271 e. The molecule has 1 aliphatic rings. The van der Waals surface area contributed by atoms with Gasteiger partial charge in [0, 0.05) is 36.2 Å². The molecular weight excluding hydrogens is 522 g/mol. The van der Waals surface area contributed by atoms with Crippen molar-refractivity contribution in [1.82, 2.24) is 19.0 Å². The number of aryl methyl sites for hydroxylation is 1. The summed E-state index contributed by atoms with van der Waals surface area (Å²) in [5.41, 5.74) is 5.60. The lowest BCUT2D eigenvalue weighted by molar-refractivity contribution is -0.127. The lowest BCUT2D eigenvalue weighted by Crippen LogP contribution is -2.43. The van der Waals surface area contributed by atoms with Crippen LogP contribution in [-0.4, -0.2) is 45.1 Å². The lowest BCUT2D eigenvalue weighted by Gasteiger charge is -2.29. The van der Waals surface area contributed by atoms with E-state index in [0.717, 1.165) is 28.2 Å². The number of aromatic nitrogens is 3. The van der Waals surface area contributed by atoms with Crippen LogP contribution in [0.15, 0.2) is 75.9 Å². The molecule has 40 heavy (non-hydrogen) atoms. The van der Waals surface area contributed by atoms with Crippen molar-refractivity contribution in [2.45, 2.75) is 40.7 Å². The summed E-state index contributed by atoms with van der Waals surface area (Å²) < 4.78 is 10.0. The van der Waals surface area contributed by atoms with Gasteiger partial charge in [-0.1, -0.05) is 29.5 Å². The minimum absolute atomic E-state index is 0.128. The Morgan fingerprint density at radius 3 is 2.55 bits per heavy atom. The van der Waals surface area contributed by atoms with Gasteiger partial charge in [0.05, 0.1) is 34.8 Å². The minimum Gasteiger partial charge on any atom is -0.496 e. The van der Waals surface area contributed by atoms with E-state index in [1.54, 1.807) is 22.8 Å². The van der Waals surface area contributed by atoms with E-state index in [-0.39, 0.29) is 11.5 Å². The highest BCUT2D eigenvalue weighted by molar-refractivity contribution is 7.07.